The Morgan fingerprint density at radius 2 is 1.73 bits per heavy atom. The quantitative estimate of drug-likeness (QED) is 0.524. The molecule has 0 saturated carbocycles. The van der Waals surface area contributed by atoms with Crippen LogP contribution in [0.1, 0.15) is 21.5 Å². The topological polar surface area (TPSA) is 32.9 Å². The number of nitrogens with one attached hydrogen (secondary N) is 1. The van der Waals surface area contributed by atoms with E-state index in [9.17, 15) is 4.79 Å². The number of ketones is 1. The zero-order valence-corrected chi connectivity index (χ0v) is 12.3. The fourth-order valence-corrected chi connectivity index (χ4v) is 2.99. The van der Waals surface area contributed by atoms with Crippen LogP contribution in [-0.2, 0) is 0 Å². The van der Waals surface area contributed by atoms with Gasteiger partial charge in [-0.2, -0.15) is 0 Å². The second-order valence-corrected chi connectivity index (χ2v) is 5.61. The molecule has 1 heterocycles. The number of carbonyl (C=O) groups is 1. The van der Waals surface area contributed by atoms with Gasteiger partial charge in [0.2, 0.25) is 0 Å². The highest BCUT2D eigenvalue weighted by atomic mass is 16.1. The summed E-state index contributed by atoms with van der Waals surface area (Å²) in [6.45, 7) is 2.05. The molecular weight excluding hydrogens is 270 g/mol. The van der Waals surface area contributed by atoms with Crippen molar-refractivity contribution >= 4 is 27.5 Å². The van der Waals surface area contributed by atoms with Crippen LogP contribution < -0.4 is 0 Å². The average Bonchev–Trinajstić information content (AvgIpc) is 2.97. The second kappa shape index (κ2) is 4.85. The molecule has 0 atom stereocenters. The molecule has 0 aliphatic carbocycles. The average molecular weight is 285 g/mol. The monoisotopic (exact) mass is 285 g/mol. The first kappa shape index (κ1) is 12.8. The number of aromatic amines is 1. The predicted octanol–water partition coefficient (Wildman–Crippen LogP) is 4.86. The normalized spacial score (nSPS) is 11.1. The number of carbonyl (C=O) groups excluding carboxylic acids is 1. The van der Waals surface area contributed by atoms with Crippen molar-refractivity contribution in [2.24, 2.45) is 0 Å². The zero-order chi connectivity index (χ0) is 15.1. The van der Waals surface area contributed by atoms with E-state index in [1.807, 2.05) is 55.6 Å². The lowest BCUT2D eigenvalue weighted by Gasteiger charge is -2.06. The summed E-state index contributed by atoms with van der Waals surface area (Å²) in [5, 5.41) is 3.08. The molecule has 4 aromatic rings. The van der Waals surface area contributed by atoms with Gasteiger partial charge in [-0.25, -0.2) is 0 Å². The van der Waals surface area contributed by atoms with E-state index >= 15 is 0 Å². The van der Waals surface area contributed by atoms with Crippen molar-refractivity contribution in [1.29, 1.82) is 0 Å². The van der Waals surface area contributed by atoms with Crippen LogP contribution in [0.2, 0.25) is 0 Å². The van der Waals surface area contributed by atoms with E-state index in [0.717, 1.165) is 38.4 Å². The highest BCUT2D eigenvalue weighted by Gasteiger charge is 2.16. The van der Waals surface area contributed by atoms with E-state index < -0.39 is 0 Å². The fourth-order valence-electron chi connectivity index (χ4n) is 2.99. The summed E-state index contributed by atoms with van der Waals surface area (Å²) in [7, 11) is 0. The Kier molecular flexibility index (Phi) is 2.83. The lowest BCUT2D eigenvalue weighted by Crippen LogP contribution is -2.01. The summed E-state index contributed by atoms with van der Waals surface area (Å²) < 4.78 is 0. The van der Waals surface area contributed by atoms with Crippen LogP contribution in [0.15, 0.2) is 66.9 Å². The molecule has 0 unspecified atom stereocenters. The summed E-state index contributed by atoms with van der Waals surface area (Å²) >= 11 is 0. The first-order chi connectivity index (χ1) is 10.7. The SMILES string of the molecule is Cc1ccc2cccc(C(=O)c3c[nH]c4ccccc34)c2c1. The molecule has 1 N–H and O–H groups in total. The highest BCUT2D eigenvalue weighted by Crippen LogP contribution is 2.26. The maximum absolute atomic E-state index is 13.0. The van der Waals surface area contributed by atoms with Crippen molar-refractivity contribution in [3.63, 3.8) is 0 Å². The molecule has 22 heavy (non-hydrogen) atoms. The van der Waals surface area contributed by atoms with E-state index in [-0.39, 0.29) is 5.78 Å². The Balaban J connectivity index is 1.95. The van der Waals surface area contributed by atoms with Crippen LogP contribution in [0.3, 0.4) is 0 Å². The summed E-state index contributed by atoms with van der Waals surface area (Å²) in [4.78, 5) is 16.2. The van der Waals surface area contributed by atoms with Crippen molar-refractivity contribution in [2.45, 2.75) is 6.92 Å². The molecule has 3 aromatic carbocycles. The van der Waals surface area contributed by atoms with Gasteiger partial charge < -0.3 is 4.98 Å². The van der Waals surface area contributed by atoms with Crippen molar-refractivity contribution in [3.05, 3.63) is 83.6 Å². The predicted molar refractivity (Wildman–Crippen MR) is 90.4 cm³/mol. The van der Waals surface area contributed by atoms with Crippen LogP contribution in [0.5, 0.6) is 0 Å². The van der Waals surface area contributed by atoms with Crippen molar-refractivity contribution in [2.75, 3.05) is 0 Å². The highest BCUT2D eigenvalue weighted by molar-refractivity contribution is 6.21. The van der Waals surface area contributed by atoms with E-state index in [0.29, 0.717) is 0 Å². The lowest BCUT2D eigenvalue weighted by molar-refractivity contribution is 0.104. The van der Waals surface area contributed by atoms with Gasteiger partial charge in [0.15, 0.2) is 5.78 Å². The lowest BCUT2D eigenvalue weighted by atomic mass is 9.96. The zero-order valence-electron chi connectivity index (χ0n) is 12.3. The van der Waals surface area contributed by atoms with Gasteiger partial charge in [-0.1, -0.05) is 60.2 Å². The van der Waals surface area contributed by atoms with E-state index in [1.54, 1.807) is 0 Å². The molecule has 0 aliphatic heterocycles. The Morgan fingerprint density at radius 3 is 2.64 bits per heavy atom. The minimum Gasteiger partial charge on any atom is -0.360 e. The number of aryl methyl sites for hydroxylation is 1. The maximum Gasteiger partial charge on any atom is 0.195 e. The minimum absolute atomic E-state index is 0.0636. The smallest absolute Gasteiger partial charge is 0.195 e. The van der Waals surface area contributed by atoms with Crippen molar-refractivity contribution < 1.29 is 4.79 Å². The van der Waals surface area contributed by atoms with E-state index in [4.69, 9.17) is 0 Å². The summed E-state index contributed by atoms with van der Waals surface area (Å²) in [5.74, 6) is 0.0636. The van der Waals surface area contributed by atoms with E-state index in [1.165, 1.54) is 0 Å². The van der Waals surface area contributed by atoms with E-state index in [2.05, 4.69) is 23.2 Å². The molecular formula is C20H15NO. The van der Waals surface area contributed by atoms with Crippen LogP contribution >= 0.6 is 0 Å². The summed E-state index contributed by atoms with van der Waals surface area (Å²) in [6.07, 6.45) is 1.81. The third-order valence-electron chi connectivity index (χ3n) is 4.12. The van der Waals surface area contributed by atoms with Gasteiger partial charge in [0.05, 0.1) is 0 Å². The van der Waals surface area contributed by atoms with Gasteiger partial charge in [0.25, 0.3) is 0 Å². The maximum atomic E-state index is 13.0. The van der Waals surface area contributed by atoms with Gasteiger partial charge in [0, 0.05) is 28.2 Å². The molecule has 2 nitrogen and oxygen atoms in total. The Morgan fingerprint density at radius 1 is 0.864 bits per heavy atom. The number of aromatic nitrogens is 1. The molecule has 0 bridgehead atoms. The number of hydrogen-bond donors (Lipinski definition) is 1. The molecule has 1 aromatic heterocycles. The number of rotatable bonds is 2. The van der Waals surface area contributed by atoms with Gasteiger partial charge in [0.1, 0.15) is 0 Å². The molecule has 2 heteroatoms. The molecule has 0 fully saturated rings. The number of hydrogen-bond acceptors (Lipinski definition) is 1. The fraction of sp³-hybridized carbons (Fsp3) is 0.0500. The largest absolute Gasteiger partial charge is 0.360 e. The standard InChI is InChI=1S/C20H15NO/c1-13-9-10-14-5-4-7-16(17(14)11-13)20(22)18-12-21-19-8-3-2-6-15(18)19/h2-12,21H,1H3. The molecule has 0 amide bonds. The second-order valence-electron chi connectivity index (χ2n) is 5.61. The molecule has 0 radical (unpaired) electrons. The Labute approximate surface area is 128 Å². The molecule has 106 valence electrons. The third kappa shape index (κ3) is 1.92. The van der Waals surface area contributed by atoms with Gasteiger partial charge in [-0.3, -0.25) is 4.79 Å². The first-order valence-corrected chi connectivity index (χ1v) is 7.34. The van der Waals surface area contributed by atoms with Crippen LogP contribution in [0.25, 0.3) is 21.7 Å². The van der Waals surface area contributed by atoms with Crippen molar-refractivity contribution in [1.82, 2.24) is 4.98 Å². The van der Waals surface area contributed by atoms with Crippen LogP contribution in [0.4, 0.5) is 0 Å². The molecule has 4 rings (SSSR count). The van der Waals surface area contributed by atoms with Gasteiger partial charge >= 0.3 is 0 Å². The van der Waals surface area contributed by atoms with Gasteiger partial charge in [-0.15, -0.1) is 0 Å². The number of para-hydroxylation sites is 1. The van der Waals surface area contributed by atoms with Gasteiger partial charge in [-0.05, 0) is 23.8 Å². The summed E-state index contributed by atoms with van der Waals surface area (Å²) in [5.41, 5.74) is 3.63. The van der Waals surface area contributed by atoms with Crippen LogP contribution in [-0.4, -0.2) is 10.8 Å². The number of benzene rings is 3. The number of fused-ring (bicyclic) bond motifs is 2. The van der Waals surface area contributed by atoms with Crippen molar-refractivity contribution in [3.8, 4) is 0 Å². The Bertz CT molecular complexity index is 1010. The first-order valence-electron chi connectivity index (χ1n) is 7.34. The third-order valence-corrected chi connectivity index (χ3v) is 4.12. The van der Waals surface area contributed by atoms with Crippen LogP contribution in [0, 0.1) is 6.92 Å². The number of H-pyrrole nitrogens is 1. The molecule has 0 spiro atoms. The molecule has 0 aliphatic rings. The minimum atomic E-state index is 0.0636. The molecule has 0 saturated heterocycles. The Hall–Kier alpha value is -2.87. The summed E-state index contributed by atoms with van der Waals surface area (Å²) in [6, 6.07) is 20.0.